The molecule has 0 saturated heterocycles. The minimum atomic E-state index is -0.120. The number of anilines is 1. The molecule has 1 heterocycles. The molecule has 0 aliphatic rings. The molecule has 1 amide bonds. The second-order valence-electron chi connectivity index (χ2n) is 4.00. The fourth-order valence-corrected chi connectivity index (χ4v) is 2.62. The summed E-state index contributed by atoms with van der Waals surface area (Å²) in [5.41, 5.74) is 2.45. The van der Waals surface area contributed by atoms with E-state index in [9.17, 15) is 4.79 Å². The Morgan fingerprint density at radius 3 is 2.61 bits per heavy atom. The number of nitrogens with one attached hydrogen (secondary N) is 1. The number of halogens is 2. The molecule has 0 fully saturated rings. The average molecular weight is 375 g/mol. The molecule has 1 N–H and O–H groups in total. The third-order valence-corrected chi connectivity index (χ3v) is 3.91. The highest BCUT2D eigenvalue weighted by Crippen LogP contribution is 2.23. The first-order valence-corrected chi connectivity index (χ1v) is 6.83. The number of rotatable bonds is 2. The van der Waals surface area contributed by atoms with Gasteiger partial charge in [-0.05, 0) is 59.8 Å². The first-order valence-electron chi connectivity index (χ1n) is 5.38. The van der Waals surface area contributed by atoms with Gasteiger partial charge in [0, 0.05) is 21.3 Å². The maximum Gasteiger partial charge on any atom is 0.272 e. The summed E-state index contributed by atoms with van der Waals surface area (Å²) in [4.78, 5) is 12.1. The Kier molecular flexibility index (Phi) is 3.97. The highest BCUT2D eigenvalue weighted by molar-refractivity contribution is 14.1. The van der Waals surface area contributed by atoms with Crippen LogP contribution >= 0.6 is 34.2 Å². The van der Waals surface area contributed by atoms with Crippen molar-refractivity contribution in [3.05, 3.63) is 50.3 Å². The van der Waals surface area contributed by atoms with Crippen LogP contribution in [-0.4, -0.2) is 10.5 Å². The Labute approximate surface area is 124 Å². The fourth-order valence-electron chi connectivity index (χ4n) is 1.62. The summed E-state index contributed by atoms with van der Waals surface area (Å²) in [6, 6.07) is 9.11. The van der Waals surface area contributed by atoms with Crippen LogP contribution in [0.15, 0.2) is 30.3 Å². The van der Waals surface area contributed by atoms with Crippen molar-refractivity contribution in [3.63, 3.8) is 0 Å². The molecule has 0 aliphatic carbocycles. The Balaban J connectivity index is 2.24. The van der Waals surface area contributed by atoms with E-state index in [1.165, 1.54) is 0 Å². The average Bonchev–Trinajstić information content (AvgIpc) is 2.64. The number of carbonyl (C=O) groups is 1. The number of carbonyl (C=O) groups excluding carboxylic acids is 1. The number of aryl methyl sites for hydroxylation is 1. The quantitative estimate of drug-likeness (QED) is 0.796. The van der Waals surface area contributed by atoms with E-state index in [2.05, 4.69) is 27.9 Å². The number of nitrogens with zero attached hydrogens (tertiary/aromatic N) is 1. The summed E-state index contributed by atoms with van der Waals surface area (Å²) in [6.45, 7) is 1.96. The molecule has 3 nitrogen and oxygen atoms in total. The zero-order valence-corrected chi connectivity index (χ0v) is 12.9. The predicted octanol–water partition coefficient (Wildman–Crippen LogP) is 3.84. The van der Waals surface area contributed by atoms with Gasteiger partial charge in [-0.2, -0.15) is 0 Å². The van der Waals surface area contributed by atoms with E-state index in [0.29, 0.717) is 10.7 Å². The number of aromatic nitrogens is 1. The summed E-state index contributed by atoms with van der Waals surface area (Å²) < 4.78 is 2.78. The van der Waals surface area contributed by atoms with Gasteiger partial charge in [0.25, 0.3) is 5.91 Å². The SMILES string of the molecule is Cc1ccc(C(=O)Nc2ccc(Cl)cc2I)n1C. The molecule has 0 unspecified atom stereocenters. The topological polar surface area (TPSA) is 34.0 Å². The second-order valence-corrected chi connectivity index (χ2v) is 5.60. The standard InChI is InChI=1S/C13H12ClIN2O/c1-8-3-6-12(17(8)2)13(18)16-11-5-4-9(14)7-10(11)15/h3-7H,1-2H3,(H,16,18). The minimum Gasteiger partial charge on any atom is -0.344 e. The Hall–Kier alpha value is -1.01. The van der Waals surface area contributed by atoms with Crippen molar-refractivity contribution in [2.75, 3.05) is 5.32 Å². The van der Waals surface area contributed by atoms with Gasteiger partial charge >= 0.3 is 0 Å². The fraction of sp³-hybridized carbons (Fsp3) is 0.154. The van der Waals surface area contributed by atoms with Crippen LogP contribution in [0.25, 0.3) is 0 Å². The van der Waals surface area contributed by atoms with E-state index in [0.717, 1.165) is 15.0 Å². The number of amides is 1. The predicted molar refractivity (Wildman–Crippen MR) is 82.3 cm³/mol. The first-order chi connectivity index (χ1) is 8.49. The summed E-state index contributed by atoms with van der Waals surface area (Å²) in [7, 11) is 1.87. The van der Waals surface area contributed by atoms with Crippen LogP contribution in [0.5, 0.6) is 0 Å². The normalized spacial score (nSPS) is 10.4. The van der Waals surface area contributed by atoms with Crippen LogP contribution in [-0.2, 0) is 7.05 Å². The van der Waals surface area contributed by atoms with Gasteiger partial charge in [-0.15, -0.1) is 0 Å². The van der Waals surface area contributed by atoms with E-state index < -0.39 is 0 Å². The molecule has 0 atom stereocenters. The summed E-state index contributed by atoms with van der Waals surface area (Å²) in [5.74, 6) is -0.120. The first kappa shape index (κ1) is 13.4. The molecule has 0 bridgehead atoms. The van der Waals surface area contributed by atoms with Crippen molar-refractivity contribution in [1.29, 1.82) is 0 Å². The smallest absolute Gasteiger partial charge is 0.272 e. The molecule has 1 aromatic heterocycles. The van der Waals surface area contributed by atoms with Crippen molar-refractivity contribution < 1.29 is 4.79 Å². The highest BCUT2D eigenvalue weighted by Gasteiger charge is 2.12. The molecule has 94 valence electrons. The van der Waals surface area contributed by atoms with Crippen molar-refractivity contribution >= 4 is 45.8 Å². The van der Waals surface area contributed by atoms with Gasteiger partial charge in [-0.3, -0.25) is 4.79 Å². The Bertz CT molecular complexity index is 607. The molecular weight excluding hydrogens is 363 g/mol. The zero-order chi connectivity index (χ0) is 13.3. The number of hydrogen-bond donors (Lipinski definition) is 1. The third-order valence-electron chi connectivity index (χ3n) is 2.78. The highest BCUT2D eigenvalue weighted by atomic mass is 127. The van der Waals surface area contributed by atoms with E-state index in [1.54, 1.807) is 12.1 Å². The van der Waals surface area contributed by atoms with E-state index in [-0.39, 0.29) is 5.91 Å². The van der Waals surface area contributed by atoms with E-state index in [4.69, 9.17) is 11.6 Å². The molecule has 0 saturated carbocycles. The van der Waals surface area contributed by atoms with Crippen LogP contribution in [0.4, 0.5) is 5.69 Å². The third kappa shape index (κ3) is 2.70. The van der Waals surface area contributed by atoms with Crippen molar-refractivity contribution in [3.8, 4) is 0 Å². The van der Waals surface area contributed by atoms with E-state index in [1.807, 2.05) is 36.7 Å². The molecule has 2 rings (SSSR count). The van der Waals surface area contributed by atoms with Gasteiger partial charge < -0.3 is 9.88 Å². The lowest BCUT2D eigenvalue weighted by molar-refractivity contribution is 0.101. The second kappa shape index (κ2) is 5.32. The molecule has 0 aliphatic heterocycles. The van der Waals surface area contributed by atoms with E-state index >= 15 is 0 Å². The largest absolute Gasteiger partial charge is 0.344 e. The Morgan fingerprint density at radius 1 is 1.33 bits per heavy atom. The van der Waals surface area contributed by atoms with Crippen molar-refractivity contribution in [2.24, 2.45) is 7.05 Å². The van der Waals surface area contributed by atoms with Crippen molar-refractivity contribution in [1.82, 2.24) is 4.57 Å². The molecule has 0 radical (unpaired) electrons. The number of benzene rings is 1. The van der Waals surface area contributed by atoms with Crippen LogP contribution in [0.3, 0.4) is 0 Å². The summed E-state index contributed by atoms with van der Waals surface area (Å²) in [5, 5.41) is 3.54. The van der Waals surface area contributed by atoms with Gasteiger partial charge in [0.2, 0.25) is 0 Å². The van der Waals surface area contributed by atoms with Gasteiger partial charge in [0.15, 0.2) is 0 Å². The molecule has 0 spiro atoms. The van der Waals surface area contributed by atoms with Crippen LogP contribution in [0.1, 0.15) is 16.2 Å². The molecule has 2 aromatic rings. The van der Waals surface area contributed by atoms with Crippen LogP contribution in [0.2, 0.25) is 5.02 Å². The maximum atomic E-state index is 12.1. The molecule has 1 aromatic carbocycles. The van der Waals surface area contributed by atoms with Crippen LogP contribution in [0, 0.1) is 10.5 Å². The molecule has 18 heavy (non-hydrogen) atoms. The summed E-state index contributed by atoms with van der Waals surface area (Å²) in [6.07, 6.45) is 0. The zero-order valence-electron chi connectivity index (χ0n) is 10.00. The molecule has 5 heteroatoms. The lowest BCUT2D eigenvalue weighted by Crippen LogP contribution is -2.16. The molecular formula is C13H12ClIN2O. The maximum absolute atomic E-state index is 12.1. The van der Waals surface area contributed by atoms with Gasteiger partial charge in [0.1, 0.15) is 5.69 Å². The Morgan fingerprint density at radius 2 is 2.06 bits per heavy atom. The van der Waals surface area contributed by atoms with Gasteiger partial charge in [-0.1, -0.05) is 11.6 Å². The van der Waals surface area contributed by atoms with Crippen LogP contribution < -0.4 is 5.32 Å². The van der Waals surface area contributed by atoms with Crippen molar-refractivity contribution in [2.45, 2.75) is 6.92 Å². The monoisotopic (exact) mass is 374 g/mol. The lowest BCUT2D eigenvalue weighted by atomic mass is 10.3. The lowest BCUT2D eigenvalue weighted by Gasteiger charge is -2.09. The number of hydrogen-bond acceptors (Lipinski definition) is 1. The van der Waals surface area contributed by atoms with Gasteiger partial charge in [-0.25, -0.2) is 0 Å². The summed E-state index contributed by atoms with van der Waals surface area (Å²) >= 11 is 8.02. The van der Waals surface area contributed by atoms with Gasteiger partial charge in [0.05, 0.1) is 5.69 Å². The minimum absolute atomic E-state index is 0.120.